The van der Waals surface area contributed by atoms with Crippen molar-refractivity contribution in [1.29, 1.82) is 5.41 Å². The molecule has 2 unspecified atom stereocenters. The van der Waals surface area contributed by atoms with E-state index in [1.807, 2.05) is 0 Å². The lowest BCUT2D eigenvalue weighted by Gasteiger charge is -2.35. The van der Waals surface area contributed by atoms with Gasteiger partial charge in [0.15, 0.2) is 9.84 Å². The number of alkyl halides is 3. The number of primary amides is 1. The summed E-state index contributed by atoms with van der Waals surface area (Å²) in [6.45, 7) is 0.621. The summed E-state index contributed by atoms with van der Waals surface area (Å²) in [6.07, 6.45) is 5.95. The maximum atomic E-state index is 12.8. The fourth-order valence-electron chi connectivity index (χ4n) is 4.84. The zero-order chi connectivity index (χ0) is 29.7. The Bertz CT molecular complexity index is 1360. The first kappa shape index (κ1) is 31.5. The molecule has 0 radical (unpaired) electrons. The van der Waals surface area contributed by atoms with Crippen LogP contribution in [0.1, 0.15) is 25.7 Å². The monoisotopic (exact) mass is 606 g/mol. The summed E-state index contributed by atoms with van der Waals surface area (Å²) < 4.78 is 84.7. The number of benzene rings is 1. The zero-order valence-corrected chi connectivity index (χ0v) is 23.4. The Hall–Kier alpha value is -2.98. The molecule has 3 rings (SSSR count). The maximum Gasteiger partial charge on any atom is 0.501 e. The zero-order valence-electron chi connectivity index (χ0n) is 21.7. The van der Waals surface area contributed by atoms with E-state index in [-0.39, 0.29) is 46.7 Å². The summed E-state index contributed by atoms with van der Waals surface area (Å²) in [6, 6.07) is 3.61. The average molecular weight is 607 g/mol. The van der Waals surface area contributed by atoms with E-state index in [0.717, 1.165) is 37.1 Å². The second kappa shape index (κ2) is 12.7. The van der Waals surface area contributed by atoms with Gasteiger partial charge in [-0.05, 0) is 62.4 Å². The second-order valence-electron chi connectivity index (χ2n) is 9.93. The molecule has 4 atom stereocenters. The van der Waals surface area contributed by atoms with Crippen molar-refractivity contribution in [3.63, 3.8) is 0 Å². The molecule has 0 aromatic heterocycles. The summed E-state index contributed by atoms with van der Waals surface area (Å²) in [7, 11) is -6.81. The van der Waals surface area contributed by atoms with Gasteiger partial charge < -0.3 is 26.7 Å². The highest BCUT2D eigenvalue weighted by Crippen LogP contribution is 2.31. The normalized spacial score (nSPS) is 25.6. The van der Waals surface area contributed by atoms with Crippen LogP contribution in [0.25, 0.3) is 0 Å². The summed E-state index contributed by atoms with van der Waals surface area (Å²) in [4.78, 5) is 15.3. The Morgan fingerprint density at radius 3 is 2.42 bits per heavy atom. The van der Waals surface area contributed by atoms with E-state index < -0.39 is 41.8 Å². The number of halogens is 3. The number of hydrogen-bond acceptors (Lipinski definition) is 9. The molecule has 16 heteroatoms. The van der Waals surface area contributed by atoms with E-state index in [1.165, 1.54) is 6.20 Å². The molecular formula is C24H33F3N6O5S2. The second-order valence-corrected chi connectivity index (χ2v) is 14.1. The highest BCUT2D eigenvalue weighted by Gasteiger charge is 2.46. The Kier molecular flexibility index (Phi) is 10.0. The van der Waals surface area contributed by atoms with Crippen LogP contribution in [-0.4, -0.2) is 77.5 Å². The van der Waals surface area contributed by atoms with E-state index in [4.69, 9.17) is 11.1 Å². The molecule has 2 aliphatic rings. The third-order valence-corrected chi connectivity index (χ3v) is 10.3. The minimum Gasteiger partial charge on any atom is -0.387 e. The van der Waals surface area contributed by atoms with Crippen molar-refractivity contribution >= 4 is 43.3 Å². The standard InChI is InChI=1S/C24H33F3N6O5S2/c1-30-12-16-10-18(31-11-15-8-9-39(35,36)14-15)4-7-21(16)32-13-20(23(29)34)22(28)33-17-2-5-19(6-3-17)40(37,38)24(25,26)27/h2-3,5-6,12-13,15-16,18,21,31-32H,4,7-11,14H2,1H3,(H2,28,33)(H2,29,34)/b20-13+,30-12-/t15?,16-,18?,21+/m1/s1. The number of nitrogens with zero attached hydrogens (tertiary/aromatic N) is 1. The number of nitrogens with two attached hydrogens (primary N) is 1. The van der Waals surface area contributed by atoms with E-state index in [9.17, 15) is 34.8 Å². The Labute approximate surface area is 231 Å². The Morgan fingerprint density at radius 2 is 1.88 bits per heavy atom. The lowest BCUT2D eigenvalue weighted by molar-refractivity contribution is -0.114. The summed E-state index contributed by atoms with van der Waals surface area (Å²) in [5, 5.41) is 17.4. The molecule has 40 heavy (non-hydrogen) atoms. The van der Waals surface area contributed by atoms with E-state index >= 15 is 0 Å². The lowest BCUT2D eigenvalue weighted by Crippen LogP contribution is -2.46. The van der Waals surface area contributed by atoms with E-state index in [1.54, 1.807) is 13.3 Å². The first-order chi connectivity index (χ1) is 18.6. The first-order valence-electron chi connectivity index (χ1n) is 12.5. The van der Waals surface area contributed by atoms with Gasteiger partial charge in [-0.15, -0.1) is 0 Å². The van der Waals surface area contributed by atoms with Gasteiger partial charge in [0.25, 0.3) is 15.7 Å². The quantitative estimate of drug-likeness (QED) is 0.151. The van der Waals surface area contributed by atoms with Crippen molar-refractivity contribution in [1.82, 2.24) is 10.6 Å². The maximum absolute atomic E-state index is 12.8. The van der Waals surface area contributed by atoms with E-state index in [2.05, 4.69) is 20.9 Å². The van der Waals surface area contributed by atoms with Crippen LogP contribution in [-0.2, 0) is 24.5 Å². The van der Waals surface area contributed by atoms with E-state index in [0.29, 0.717) is 19.4 Å². The van der Waals surface area contributed by atoms with Crippen LogP contribution >= 0.6 is 0 Å². The number of carbonyl (C=O) groups excluding carboxylic acids is 1. The molecule has 0 bridgehead atoms. The molecule has 1 aromatic carbocycles. The molecule has 222 valence electrons. The van der Waals surface area contributed by atoms with Crippen LogP contribution < -0.4 is 21.7 Å². The number of sulfone groups is 2. The molecule has 1 aliphatic heterocycles. The van der Waals surface area contributed by atoms with Crippen LogP contribution in [0.15, 0.2) is 45.9 Å². The molecule has 11 nitrogen and oxygen atoms in total. The number of nitrogens with one attached hydrogen (secondary N) is 4. The molecule has 1 aromatic rings. The molecule has 6 N–H and O–H groups in total. The summed E-state index contributed by atoms with van der Waals surface area (Å²) in [5.74, 6) is -0.861. The summed E-state index contributed by atoms with van der Waals surface area (Å²) in [5.41, 5.74) is -0.130. The number of rotatable bonds is 10. The van der Waals surface area contributed by atoms with Crippen molar-refractivity contribution in [2.75, 3.05) is 30.4 Å². The van der Waals surface area contributed by atoms with Crippen LogP contribution in [0.2, 0.25) is 0 Å². The first-order valence-corrected chi connectivity index (χ1v) is 15.8. The number of anilines is 1. The average Bonchev–Trinajstić information content (AvgIpc) is 3.22. The Balaban J connectivity index is 1.62. The molecule has 1 aliphatic carbocycles. The Morgan fingerprint density at radius 1 is 1.20 bits per heavy atom. The van der Waals surface area contributed by atoms with Gasteiger partial charge in [0, 0.05) is 43.2 Å². The van der Waals surface area contributed by atoms with Crippen molar-refractivity contribution in [3.05, 3.63) is 36.0 Å². The van der Waals surface area contributed by atoms with Crippen molar-refractivity contribution in [2.45, 2.75) is 48.2 Å². The number of carbonyl (C=O) groups is 1. The van der Waals surface area contributed by atoms with Crippen molar-refractivity contribution in [2.24, 2.45) is 22.6 Å². The molecule has 1 amide bonds. The molecule has 1 heterocycles. The van der Waals surface area contributed by atoms with Gasteiger partial charge in [-0.1, -0.05) is 0 Å². The highest BCUT2D eigenvalue weighted by molar-refractivity contribution is 7.92. The van der Waals surface area contributed by atoms with Gasteiger partial charge >= 0.3 is 5.51 Å². The molecule has 1 saturated carbocycles. The number of aliphatic imine (C=N–C) groups is 1. The predicted molar refractivity (Wildman–Crippen MR) is 146 cm³/mol. The third-order valence-electron chi connectivity index (χ3n) is 6.98. The number of hydrogen-bond donors (Lipinski definition) is 5. The molecule has 0 spiro atoms. The molecular weight excluding hydrogens is 573 g/mol. The number of amides is 1. The fourth-order valence-corrected chi connectivity index (χ4v) is 7.46. The van der Waals surface area contributed by atoms with Gasteiger partial charge in [-0.2, -0.15) is 13.2 Å². The predicted octanol–water partition coefficient (Wildman–Crippen LogP) is 1.59. The minimum absolute atomic E-state index is 0.0285. The number of amidine groups is 1. The van der Waals surface area contributed by atoms with Crippen LogP contribution in [0.3, 0.4) is 0 Å². The lowest BCUT2D eigenvalue weighted by atomic mass is 9.82. The smallest absolute Gasteiger partial charge is 0.387 e. The largest absolute Gasteiger partial charge is 0.501 e. The topological polar surface area (TPSA) is 184 Å². The van der Waals surface area contributed by atoms with Gasteiger partial charge in [-0.25, -0.2) is 16.8 Å². The third kappa shape index (κ3) is 8.04. The fraction of sp³-hybridized carbons (Fsp3) is 0.542. The molecule has 2 fully saturated rings. The SMILES string of the molecule is C/N=C\[C@H]1CC(NCC2CCS(=O)(=O)C2)CC[C@@H]1N/C=C(\C(=N)Nc1ccc(S(=O)(=O)C(F)(F)F)cc1)C(N)=O. The van der Waals surface area contributed by atoms with Crippen molar-refractivity contribution in [3.8, 4) is 0 Å². The highest BCUT2D eigenvalue weighted by atomic mass is 32.2. The van der Waals surface area contributed by atoms with Crippen molar-refractivity contribution < 1.29 is 34.8 Å². The molecule has 1 saturated heterocycles. The van der Waals surface area contributed by atoms with Gasteiger partial charge in [0.05, 0.1) is 22.0 Å². The van der Waals surface area contributed by atoms with Gasteiger partial charge in [-0.3, -0.25) is 10.2 Å². The van der Waals surface area contributed by atoms with Gasteiger partial charge in [0.2, 0.25) is 0 Å². The van der Waals surface area contributed by atoms with Crippen LogP contribution in [0, 0.1) is 17.2 Å². The van der Waals surface area contributed by atoms with Crippen LogP contribution in [0.4, 0.5) is 18.9 Å². The summed E-state index contributed by atoms with van der Waals surface area (Å²) >= 11 is 0. The van der Waals surface area contributed by atoms with Crippen LogP contribution in [0.5, 0.6) is 0 Å². The van der Waals surface area contributed by atoms with Gasteiger partial charge in [0.1, 0.15) is 5.84 Å². The minimum atomic E-state index is -5.52.